The smallest absolute Gasteiger partial charge is 0.326 e. The highest BCUT2D eigenvalue weighted by Gasteiger charge is 2.17. The quantitative estimate of drug-likeness (QED) is 0.589. The van der Waals surface area contributed by atoms with E-state index in [2.05, 4.69) is 15.1 Å². The standard InChI is InChI=1S/C18H16FN5O2/c1-9-10(2)21-17(20)15-16(9)24(18(25)22-15)8-13-7-14(23-26-13)11-3-5-12(19)6-4-11/h3-7H,8H2,1-2H3,(H2,20,21)(H,22,25). The Morgan fingerprint density at radius 2 is 2.00 bits per heavy atom. The molecule has 0 aliphatic heterocycles. The molecule has 0 spiro atoms. The molecular formula is C18H16FN5O2. The molecule has 0 fully saturated rings. The summed E-state index contributed by atoms with van der Waals surface area (Å²) < 4.78 is 20.0. The normalized spacial score (nSPS) is 11.3. The van der Waals surface area contributed by atoms with Gasteiger partial charge in [0, 0.05) is 17.3 Å². The van der Waals surface area contributed by atoms with Gasteiger partial charge in [-0.3, -0.25) is 4.57 Å². The lowest BCUT2D eigenvalue weighted by atomic mass is 10.1. The average Bonchev–Trinajstić information content (AvgIpc) is 3.20. The number of H-pyrrole nitrogens is 1. The Morgan fingerprint density at radius 1 is 1.27 bits per heavy atom. The predicted octanol–water partition coefficient (Wildman–Crippen LogP) is 2.77. The maximum atomic E-state index is 13.1. The molecule has 0 bridgehead atoms. The number of nitrogens with one attached hydrogen (secondary N) is 1. The van der Waals surface area contributed by atoms with Crippen LogP contribution in [0.5, 0.6) is 0 Å². The van der Waals surface area contributed by atoms with E-state index in [9.17, 15) is 9.18 Å². The Morgan fingerprint density at radius 3 is 2.73 bits per heavy atom. The van der Waals surface area contributed by atoms with E-state index in [4.69, 9.17) is 10.3 Å². The van der Waals surface area contributed by atoms with Crippen molar-refractivity contribution in [3.05, 3.63) is 63.7 Å². The van der Waals surface area contributed by atoms with E-state index >= 15 is 0 Å². The Balaban J connectivity index is 1.76. The van der Waals surface area contributed by atoms with Crippen molar-refractivity contribution >= 4 is 16.9 Å². The molecule has 0 atom stereocenters. The summed E-state index contributed by atoms with van der Waals surface area (Å²) in [5.41, 5.74) is 9.76. The molecule has 0 amide bonds. The highest BCUT2D eigenvalue weighted by molar-refractivity contribution is 5.88. The van der Waals surface area contributed by atoms with Gasteiger partial charge in [0.15, 0.2) is 5.76 Å². The van der Waals surface area contributed by atoms with Crippen LogP contribution in [0.1, 0.15) is 17.0 Å². The summed E-state index contributed by atoms with van der Waals surface area (Å²) in [7, 11) is 0. The second kappa shape index (κ2) is 5.83. The van der Waals surface area contributed by atoms with E-state index < -0.39 is 0 Å². The van der Waals surface area contributed by atoms with E-state index in [0.717, 1.165) is 16.8 Å². The monoisotopic (exact) mass is 353 g/mol. The number of aromatic amines is 1. The summed E-state index contributed by atoms with van der Waals surface area (Å²) in [6, 6.07) is 7.68. The van der Waals surface area contributed by atoms with E-state index in [-0.39, 0.29) is 23.9 Å². The SMILES string of the molecule is Cc1nc(N)c2[nH]c(=O)n(Cc3cc(-c4ccc(F)cc4)no3)c2c1C. The number of nitrogen functional groups attached to an aromatic ring is 1. The zero-order valence-electron chi connectivity index (χ0n) is 14.2. The molecule has 0 radical (unpaired) electrons. The Kier molecular flexibility index (Phi) is 3.61. The molecule has 7 nitrogen and oxygen atoms in total. The minimum Gasteiger partial charge on any atom is -0.382 e. The number of imidazole rings is 1. The number of nitrogens with zero attached hydrogens (tertiary/aromatic N) is 3. The minimum atomic E-state index is -0.320. The molecule has 0 aliphatic rings. The maximum absolute atomic E-state index is 13.1. The first-order valence-corrected chi connectivity index (χ1v) is 8.01. The first-order chi connectivity index (χ1) is 12.4. The van der Waals surface area contributed by atoms with Gasteiger partial charge in [-0.2, -0.15) is 0 Å². The topological polar surface area (TPSA) is 103 Å². The molecule has 3 N–H and O–H groups in total. The molecule has 3 aromatic heterocycles. The van der Waals surface area contributed by atoms with Gasteiger partial charge in [-0.15, -0.1) is 0 Å². The second-order valence-electron chi connectivity index (χ2n) is 6.13. The van der Waals surface area contributed by atoms with E-state index in [1.165, 1.54) is 12.1 Å². The van der Waals surface area contributed by atoms with Gasteiger partial charge in [-0.25, -0.2) is 14.2 Å². The number of pyridine rings is 1. The number of aromatic nitrogens is 4. The first kappa shape index (κ1) is 16.1. The van der Waals surface area contributed by atoms with Crippen LogP contribution in [0.3, 0.4) is 0 Å². The fourth-order valence-corrected chi connectivity index (χ4v) is 2.99. The largest absolute Gasteiger partial charge is 0.382 e. The number of nitrogens with two attached hydrogens (primary N) is 1. The van der Waals surface area contributed by atoms with Gasteiger partial charge in [0.1, 0.15) is 22.8 Å². The molecule has 4 rings (SSSR count). The van der Waals surface area contributed by atoms with Crippen molar-refractivity contribution in [2.45, 2.75) is 20.4 Å². The highest BCUT2D eigenvalue weighted by atomic mass is 19.1. The molecular weight excluding hydrogens is 337 g/mol. The zero-order valence-corrected chi connectivity index (χ0v) is 14.2. The van der Waals surface area contributed by atoms with Crippen molar-refractivity contribution in [3.8, 4) is 11.3 Å². The van der Waals surface area contributed by atoms with Crippen molar-refractivity contribution in [2.24, 2.45) is 0 Å². The molecule has 0 saturated heterocycles. The Hall–Kier alpha value is -3.42. The second-order valence-corrected chi connectivity index (χ2v) is 6.13. The summed E-state index contributed by atoms with van der Waals surface area (Å²) >= 11 is 0. The van der Waals surface area contributed by atoms with Crippen LogP contribution in [0.25, 0.3) is 22.3 Å². The lowest BCUT2D eigenvalue weighted by molar-refractivity contribution is 0.378. The van der Waals surface area contributed by atoms with Gasteiger partial charge < -0.3 is 15.2 Å². The number of hydrogen-bond acceptors (Lipinski definition) is 5. The fourth-order valence-electron chi connectivity index (χ4n) is 2.99. The molecule has 3 heterocycles. The third kappa shape index (κ3) is 2.55. The number of aryl methyl sites for hydroxylation is 2. The third-order valence-electron chi connectivity index (χ3n) is 4.44. The van der Waals surface area contributed by atoms with Crippen LogP contribution in [0.2, 0.25) is 0 Å². The summed E-state index contributed by atoms with van der Waals surface area (Å²) in [5.74, 6) is 0.461. The molecule has 132 valence electrons. The van der Waals surface area contributed by atoms with Gasteiger partial charge in [0.2, 0.25) is 0 Å². The number of anilines is 1. The number of rotatable bonds is 3. The fraction of sp³-hybridized carbons (Fsp3) is 0.167. The van der Waals surface area contributed by atoms with Gasteiger partial charge in [-0.1, -0.05) is 5.16 Å². The van der Waals surface area contributed by atoms with Crippen molar-refractivity contribution < 1.29 is 8.91 Å². The van der Waals surface area contributed by atoms with E-state index in [1.807, 2.05) is 13.8 Å². The Labute approximate surface area is 147 Å². The van der Waals surface area contributed by atoms with Crippen molar-refractivity contribution in [2.75, 3.05) is 5.73 Å². The van der Waals surface area contributed by atoms with Crippen molar-refractivity contribution in [1.82, 2.24) is 19.7 Å². The van der Waals surface area contributed by atoms with Crippen molar-refractivity contribution in [3.63, 3.8) is 0 Å². The van der Waals surface area contributed by atoms with E-state index in [1.54, 1.807) is 22.8 Å². The molecule has 1 aromatic carbocycles. The summed E-state index contributed by atoms with van der Waals surface area (Å²) in [6.07, 6.45) is 0. The van der Waals surface area contributed by atoms with Crippen LogP contribution < -0.4 is 11.4 Å². The van der Waals surface area contributed by atoms with Crippen LogP contribution >= 0.6 is 0 Å². The third-order valence-corrected chi connectivity index (χ3v) is 4.44. The molecule has 8 heteroatoms. The number of halogens is 1. The first-order valence-electron chi connectivity index (χ1n) is 8.01. The summed E-state index contributed by atoms with van der Waals surface area (Å²) in [6.45, 7) is 3.92. The Bertz CT molecular complexity index is 1170. The molecule has 0 aliphatic carbocycles. The van der Waals surface area contributed by atoms with Crippen LogP contribution in [-0.4, -0.2) is 19.7 Å². The highest BCUT2D eigenvalue weighted by Crippen LogP contribution is 2.24. The number of hydrogen-bond donors (Lipinski definition) is 2. The lowest BCUT2D eigenvalue weighted by Gasteiger charge is -2.07. The van der Waals surface area contributed by atoms with Gasteiger partial charge in [0.25, 0.3) is 0 Å². The van der Waals surface area contributed by atoms with Gasteiger partial charge in [0.05, 0.1) is 12.1 Å². The minimum absolute atomic E-state index is 0.191. The average molecular weight is 353 g/mol. The van der Waals surface area contributed by atoms with Crippen LogP contribution in [0.15, 0.2) is 39.6 Å². The van der Waals surface area contributed by atoms with Crippen LogP contribution in [0, 0.1) is 19.7 Å². The van der Waals surface area contributed by atoms with Crippen LogP contribution in [-0.2, 0) is 6.54 Å². The summed E-state index contributed by atoms with van der Waals surface area (Å²) in [5, 5.41) is 4.00. The van der Waals surface area contributed by atoms with Gasteiger partial charge >= 0.3 is 5.69 Å². The maximum Gasteiger partial charge on any atom is 0.326 e. The number of fused-ring (bicyclic) bond motifs is 1. The molecule has 0 saturated carbocycles. The van der Waals surface area contributed by atoms with Gasteiger partial charge in [-0.05, 0) is 43.7 Å². The summed E-state index contributed by atoms with van der Waals surface area (Å²) in [4.78, 5) is 19.4. The van der Waals surface area contributed by atoms with Crippen molar-refractivity contribution in [1.29, 1.82) is 0 Å². The zero-order chi connectivity index (χ0) is 18.4. The van der Waals surface area contributed by atoms with Crippen LogP contribution in [0.4, 0.5) is 10.2 Å². The molecule has 0 unspecified atom stereocenters. The van der Waals surface area contributed by atoms with E-state index in [0.29, 0.717) is 22.5 Å². The molecule has 26 heavy (non-hydrogen) atoms. The lowest BCUT2D eigenvalue weighted by Crippen LogP contribution is -2.17. The number of benzene rings is 1. The predicted molar refractivity (Wildman–Crippen MR) is 95.2 cm³/mol. The molecule has 4 aromatic rings.